The summed E-state index contributed by atoms with van der Waals surface area (Å²) in [5.74, 6) is 3.39. The summed E-state index contributed by atoms with van der Waals surface area (Å²) in [4.78, 5) is 0. The van der Waals surface area contributed by atoms with Gasteiger partial charge in [-0.15, -0.1) is 6.58 Å². The van der Waals surface area contributed by atoms with Crippen molar-refractivity contribution in [1.29, 1.82) is 0 Å². The molecule has 2 unspecified atom stereocenters. The van der Waals surface area contributed by atoms with Crippen LogP contribution in [0.2, 0.25) is 0 Å². The van der Waals surface area contributed by atoms with Crippen LogP contribution in [0.4, 0.5) is 0 Å². The summed E-state index contributed by atoms with van der Waals surface area (Å²) < 4.78 is 22.7. The minimum absolute atomic E-state index is 0.0672. The van der Waals surface area contributed by atoms with Crippen molar-refractivity contribution >= 4 is 0 Å². The van der Waals surface area contributed by atoms with Gasteiger partial charge in [-0.05, 0) is 35.7 Å². The standard InChI is InChI=1S/C20H20O4/c1-4-5-13-8-15-12(2)19(24-20(15)18(9-13)21-3)14-6-7-16-17(10-14)23-11-22-16/h4,6-10,12,19H,1,5,11H2,2-3H3. The van der Waals surface area contributed by atoms with E-state index in [-0.39, 0.29) is 18.8 Å². The molecule has 0 fully saturated rings. The molecule has 0 aliphatic carbocycles. The highest BCUT2D eigenvalue weighted by atomic mass is 16.7. The first-order valence-corrected chi connectivity index (χ1v) is 8.09. The number of hydrogen-bond donors (Lipinski definition) is 0. The number of fused-ring (bicyclic) bond motifs is 2. The molecule has 4 rings (SSSR count). The van der Waals surface area contributed by atoms with Crippen molar-refractivity contribution in [3.63, 3.8) is 0 Å². The Balaban J connectivity index is 1.72. The van der Waals surface area contributed by atoms with Gasteiger partial charge < -0.3 is 18.9 Å². The lowest BCUT2D eigenvalue weighted by Gasteiger charge is -2.16. The zero-order chi connectivity index (χ0) is 16.7. The maximum absolute atomic E-state index is 6.27. The Labute approximate surface area is 141 Å². The Morgan fingerprint density at radius 2 is 2.04 bits per heavy atom. The second-order valence-corrected chi connectivity index (χ2v) is 6.15. The average Bonchev–Trinajstić information content (AvgIpc) is 3.19. The summed E-state index contributed by atoms with van der Waals surface area (Å²) in [7, 11) is 1.68. The molecule has 0 N–H and O–H groups in total. The first-order chi connectivity index (χ1) is 11.7. The van der Waals surface area contributed by atoms with Crippen molar-refractivity contribution in [3.8, 4) is 23.0 Å². The van der Waals surface area contributed by atoms with Crippen LogP contribution >= 0.6 is 0 Å². The molecule has 2 aromatic carbocycles. The van der Waals surface area contributed by atoms with Gasteiger partial charge in [-0.3, -0.25) is 0 Å². The van der Waals surface area contributed by atoms with Gasteiger partial charge >= 0.3 is 0 Å². The molecule has 0 aromatic heterocycles. The number of hydrogen-bond acceptors (Lipinski definition) is 4. The van der Waals surface area contributed by atoms with E-state index in [0.29, 0.717) is 0 Å². The molecule has 2 aromatic rings. The fourth-order valence-electron chi connectivity index (χ4n) is 3.42. The second-order valence-electron chi connectivity index (χ2n) is 6.15. The smallest absolute Gasteiger partial charge is 0.231 e. The second kappa shape index (κ2) is 5.78. The summed E-state index contributed by atoms with van der Waals surface area (Å²) >= 11 is 0. The van der Waals surface area contributed by atoms with Gasteiger partial charge in [0.25, 0.3) is 0 Å². The van der Waals surface area contributed by atoms with Gasteiger partial charge in [-0.1, -0.05) is 25.1 Å². The van der Waals surface area contributed by atoms with Crippen molar-refractivity contribution < 1.29 is 18.9 Å². The normalized spacial score (nSPS) is 20.4. The third-order valence-corrected chi connectivity index (χ3v) is 4.66. The Kier molecular flexibility index (Phi) is 3.60. The number of methoxy groups -OCH3 is 1. The van der Waals surface area contributed by atoms with Crippen LogP contribution in [0.3, 0.4) is 0 Å². The highest BCUT2D eigenvalue weighted by Gasteiger charge is 2.35. The van der Waals surface area contributed by atoms with Crippen LogP contribution < -0.4 is 18.9 Å². The Morgan fingerprint density at radius 1 is 1.21 bits per heavy atom. The quantitative estimate of drug-likeness (QED) is 0.782. The molecule has 0 radical (unpaired) electrons. The van der Waals surface area contributed by atoms with E-state index in [1.54, 1.807) is 7.11 Å². The van der Waals surface area contributed by atoms with Crippen LogP contribution in [0.15, 0.2) is 43.0 Å². The molecular formula is C20H20O4. The van der Waals surface area contributed by atoms with Crippen LogP contribution in [0.1, 0.15) is 35.6 Å². The van der Waals surface area contributed by atoms with Gasteiger partial charge in [0.05, 0.1) is 7.11 Å². The van der Waals surface area contributed by atoms with E-state index >= 15 is 0 Å². The van der Waals surface area contributed by atoms with Crippen LogP contribution in [0.5, 0.6) is 23.0 Å². The number of benzene rings is 2. The third kappa shape index (κ3) is 2.30. The first-order valence-electron chi connectivity index (χ1n) is 8.09. The topological polar surface area (TPSA) is 36.9 Å². The van der Waals surface area contributed by atoms with E-state index in [9.17, 15) is 0 Å². The molecule has 2 aliphatic rings. The molecular weight excluding hydrogens is 304 g/mol. The fraction of sp³-hybridized carbons (Fsp3) is 0.300. The van der Waals surface area contributed by atoms with Crippen LogP contribution in [-0.4, -0.2) is 13.9 Å². The summed E-state index contributed by atoms with van der Waals surface area (Å²) in [5, 5.41) is 0. The number of rotatable bonds is 4. The van der Waals surface area contributed by atoms with Crippen molar-refractivity contribution in [2.45, 2.75) is 25.4 Å². The van der Waals surface area contributed by atoms with E-state index in [1.807, 2.05) is 30.3 Å². The molecule has 4 nitrogen and oxygen atoms in total. The third-order valence-electron chi connectivity index (χ3n) is 4.66. The minimum Gasteiger partial charge on any atom is -0.493 e. The Morgan fingerprint density at radius 3 is 2.83 bits per heavy atom. The molecule has 0 saturated heterocycles. The molecule has 24 heavy (non-hydrogen) atoms. The van der Waals surface area contributed by atoms with Crippen LogP contribution in [-0.2, 0) is 6.42 Å². The van der Waals surface area contributed by atoms with Crippen LogP contribution in [0.25, 0.3) is 0 Å². The van der Waals surface area contributed by atoms with E-state index in [1.165, 1.54) is 11.1 Å². The monoisotopic (exact) mass is 324 g/mol. The van der Waals surface area contributed by atoms with E-state index in [0.717, 1.165) is 35.0 Å². The van der Waals surface area contributed by atoms with E-state index in [2.05, 4.69) is 19.6 Å². The lowest BCUT2D eigenvalue weighted by atomic mass is 9.91. The summed E-state index contributed by atoms with van der Waals surface area (Å²) in [5.41, 5.74) is 3.44. The predicted octanol–water partition coefficient (Wildman–Crippen LogP) is 4.39. The van der Waals surface area contributed by atoms with Gasteiger partial charge in [0.15, 0.2) is 23.0 Å². The SMILES string of the molecule is C=CCc1cc(OC)c2c(c1)C(C)C(c1ccc3c(c1)OCO3)O2. The Hall–Kier alpha value is -2.62. The molecule has 0 spiro atoms. The number of ether oxygens (including phenoxy) is 4. The molecule has 124 valence electrons. The predicted molar refractivity (Wildman–Crippen MR) is 91.2 cm³/mol. The summed E-state index contributed by atoms with van der Waals surface area (Å²) in [6, 6.07) is 10.2. The number of allylic oxidation sites excluding steroid dienone is 1. The van der Waals surface area contributed by atoms with Crippen molar-refractivity contribution in [2.75, 3.05) is 13.9 Å². The highest BCUT2D eigenvalue weighted by Crippen LogP contribution is 2.51. The zero-order valence-electron chi connectivity index (χ0n) is 13.9. The van der Waals surface area contributed by atoms with Gasteiger partial charge in [0, 0.05) is 11.5 Å². The fourth-order valence-corrected chi connectivity index (χ4v) is 3.42. The summed E-state index contributed by atoms with van der Waals surface area (Å²) in [6.45, 7) is 6.28. The van der Waals surface area contributed by atoms with E-state index in [4.69, 9.17) is 18.9 Å². The largest absolute Gasteiger partial charge is 0.493 e. The maximum Gasteiger partial charge on any atom is 0.231 e. The van der Waals surface area contributed by atoms with Crippen molar-refractivity contribution in [1.82, 2.24) is 0 Å². The van der Waals surface area contributed by atoms with Gasteiger partial charge in [-0.25, -0.2) is 0 Å². The molecule has 0 bridgehead atoms. The summed E-state index contributed by atoms with van der Waals surface area (Å²) in [6.07, 6.45) is 2.64. The lowest BCUT2D eigenvalue weighted by Crippen LogP contribution is -2.07. The highest BCUT2D eigenvalue weighted by molar-refractivity contribution is 5.56. The molecule has 2 heterocycles. The maximum atomic E-state index is 6.27. The minimum atomic E-state index is -0.0672. The average molecular weight is 324 g/mol. The molecule has 0 amide bonds. The van der Waals surface area contributed by atoms with Crippen LogP contribution in [0, 0.1) is 0 Å². The van der Waals surface area contributed by atoms with Gasteiger partial charge in [0.2, 0.25) is 6.79 Å². The van der Waals surface area contributed by atoms with Crippen molar-refractivity contribution in [2.24, 2.45) is 0 Å². The Bertz CT molecular complexity index is 796. The molecule has 2 aliphatic heterocycles. The van der Waals surface area contributed by atoms with Crippen molar-refractivity contribution in [3.05, 3.63) is 59.7 Å². The molecule has 4 heteroatoms. The van der Waals surface area contributed by atoms with Gasteiger partial charge in [0.1, 0.15) is 6.10 Å². The van der Waals surface area contributed by atoms with E-state index < -0.39 is 0 Å². The molecule has 0 saturated carbocycles. The zero-order valence-corrected chi connectivity index (χ0v) is 13.9. The first kappa shape index (κ1) is 14.9. The lowest BCUT2D eigenvalue weighted by molar-refractivity contribution is 0.173. The molecule has 2 atom stereocenters. The van der Waals surface area contributed by atoms with Gasteiger partial charge in [-0.2, -0.15) is 0 Å².